The lowest BCUT2D eigenvalue weighted by Crippen LogP contribution is -2.30. The van der Waals surface area contributed by atoms with Gasteiger partial charge < -0.3 is 46.0 Å². The van der Waals surface area contributed by atoms with Crippen LogP contribution in [0.1, 0.15) is 89.8 Å². The van der Waals surface area contributed by atoms with Crippen molar-refractivity contribution in [2.45, 2.75) is 95.0 Å². The molecule has 33 heteroatoms. The number of Topliss-reactive ketones (excluding diaryl/α,β-unsaturated/α-hetero) is 2. The van der Waals surface area contributed by atoms with E-state index >= 15 is 0 Å². The summed E-state index contributed by atoms with van der Waals surface area (Å²) >= 11 is 3.42. The number of aromatic nitrogens is 5. The summed E-state index contributed by atoms with van der Waals surface area (Å²) in [6.45, 7) is 15.8. The van der Waals surface area contributed by atoms with Crippen molar-refractivity contribution < 1.29 is 50.2 Å². The summed E-state index contributed by atoms with van der Waals surface area (Å²) in [7, 11) is -9.17. The Morgan fingerprint density at radius 3 is 1.33 bits per heavy atom. The molecule has 2 aliphatic heterocycles. The molecule has 2 aliphatic rings. The molecule has 28 nitrogen and oxygen atoms in total. The number of carbonyl (C=O) groups excluding carboxylic acids is 4. The number of rotatable bonds is 29. The number of amides is 2. The minimum Gasteiger partial charge on any atom is -0.396 e. The maximum Gasteiger partial charge on any atom is 0.294 e. The van der Waals surface area contributed by atoms with Gasteiger partial charge in [0.2, 0.25) is 22.2 Å². The Morgan fingerprint density at radius 1 is 0.562 bits per heavy atom. The van der Waals surface area contributed by atoms with Gasteiger partial charge in [-0.05, 0) is 165 Å². The Hall–Kier alpha value is -8.96. The molecule has 7 aromatic rings. The lowest BCUT2D eigenvalue weighted by molar-refractivity contribution is -0.120. The number of nitrogens with one attached hydrogen (secondary N) is 4. The summed E-state index contributed by atoms with van der Waals surface area (Å²) in [4.78, 5) is 86.6. The monoisotopic (exact) mass is 1400 g/mol. The van der Waals surface area contributed by atoms with Crippen molar-refractivity contribution in [2.75, 3.05) is 106 Å². The summed E-state index contributed by atoms with van der Waals surface area (Å²) < 4.78 is 66.8. The third-order valence-electron chi connectivity index (χ3n) is 15.3. The molecule has 7 N–H and O–H groups in total. The number of azo groups is 2. The molecule has 0 aliphatic carbocycles. The highest BCUT2D eigenvalue weighted by molar-refractivity contribution is 7.99. The highest BCUT2D eigenvalue weighted by Crippen LogP contribution is 2.41. The highest BCUT2D eigenvalue weighted by Gasteiger charge is 2.26. The first kappa shape index (κ1) is 71.3. The van der Waals surface area contributed by atoms with E-state index in [4.69, 9.17) is 35.1 Å². The number of thiazole rings is 2. The first-order valence-electron chi connectivity index (χ1n) is 30.9. The standard InChI is InChI=1S/C63H73N17O11S5/c1-7-77(8-2)43-23-25-49(73-75-62-68-55(79-27-13-11-14-28-79)53(93-62)37-47(39(5)82)57(84)64-41-19-17-21-45(33-41)95(86,87)88)51(35-43)66-59-70-60(72-61(71-59)92-32-31-81)67-52-36-44(78(9-3)10-4)24-26-50(52)74-76-63-69-56(80-29-15-12-16-30-80)54(94-63)38-48(40(6)83)58(85)65-42-20-18-22-46(34-42)96(89,90)91/h17-26,33-38,81H,7-16,27-32H2,1-6H3,(H,64,84)(H,65,85)(H,86,87,88)(H,89,90,91)(H2,66,67,70,71,72)/b47-37-,48-38+,75-73+,76-74+. The third-order valence-corrected chi connectivity index (χ3v) is 19.5. The second-order valence-electron chi connectivity index (χ2n) is 21.8. The fourth-order valence-electron chi connectivity index (χ4n) is 10.4. The number of anilines is 10. The van der Waals surface area contributed by atoms with Gasteiger partial charge in [-0.15, -0.1) is 20.5 Å². The molecule has 0 saturated carbocycles. The quantitative estimate of drug-likeness (QED) is 0.00572. The van der Waals surface area contributed by atoms with Gasteiger partial charge in [0.25, 0.3) is 32.1 Å². The van der Waals surface area contributed by atoms with Crippen molar-refractivity contribution >= 4 is 169 Å². The van der Waals surface area contributed by atoms with Crippen LogP contribution in [-0.2, 0) is 39.4 Å². The molecule has 2 fully saturated rings. The summed E-state index contributed by atoms with van der Waals surface area (Å²) in [5, 5.41) is 41.3. The number of aliphatic hydroxyl groups is 1. The second kappa shape index (κ2) is 32.7. The first-order chi connectivity index (χ1) is 46.0. The molecule has 2 amide bonds. The van der Waals surface area contributed by atoms with E-state index in [1.165, 1.54) is 74.2 Å². The fourth-order valence-corrected chi connectivity index (χ4v) is 13.8. The van der Waals surface area contributed by atoms with Crippen LogP contribution in [0.5, 0.6) is 0 Å². The van der Waals surface area contributed by atoms with Crippen molar-refractivity contribution in [1.82, 2.24) is 24.9 Å². The Balaban J connectivity index is 1.06. The molecular weight excluding hydrogens is 1330 g/mol. The molecule has 2 saturated heterocycles. The topological polar surface area (TPSA) is 372 Å². The lowest BCUT2D eigenvalue weighted by atomic mass is 10.1. The Kier molecular flexibility index (Phi) is 24.3. The fraction of sp³-hybridized carbons (Fsp3) is 0.349. The van der Waals surface area contributed by atoms with Crippen molar-refractivity contribution in [3.05, 3.63) is 106 Å². The van der Waals surface area contributed by atoms with Crippen molar-refractivity contribution in [3.63, 3.8) is 0 Å². The molecule has 0 atom stereocenters. The number of ketones is 2. The minimum absolute atomic E-state index is 0.0402. The third kappa shape index (κ3) is 18.7. The van der Waals surface area contributed by atoms with Gasteiger partial charge in [0.15, 0.2) is 16.7 Å². The van der Waals surface area contributed by atoms with Crippen molar-refractivity contribution in [1.29, 1.82) is 0 Å². The van der Waals surface area contributed by atoms with Crippen molar-refractivity contribution in [2.24, 2.45) is 20.5 Å². The SMILES string of the molecule is CCN(CC)c1ccc(/N=N/c2nc(N3CCCCC3)c(/C=C(/C(C)=O)C(=O)Nc3cccc(S(=O)(=O)O)c3)s2)c(Nc2nc(Nc3cc(N(CC)CC)ccc3/N=N/c3nc(N4CCCCC4)c(/C=C(\C(C)=O)C(=O)Nc4cccc(S(=O)(=O)O)c4)s3)nc(SCCO)n2)c1. The smallest absolute Gasteiger partial charge is 0.294 e. The number of aliphatic hydroxyl groups excluding tert-OH is 1. The lowest BCUT2D eigenvalue weighted by Gasteiger charge is -2.27. The van der Waals surface area contributed by atoms with Gasteiger partial charge in [-0.1, -0.05) is 46.6 Å². The van der Waals surface area contributed by atoms with Gasteiger partial charge in [-0.3, -0.25) is 28.3 Å². The molecule has 0 radical (unpaired) electrons. The Morgan fingerprint density at radius 2 is 0.969 bits per heavy atom. The molecular formula is C63H73N17O11S5. The van der Waals surface area contributed by atoms with Gasteiger partial charge in [-0.25, -0.2) is 0 Å². The normalized spacial score (nSPS) is 14.1. The van der Waals surface area contributed by atoms with Crippen LogP contribution in [0.25, 0.3) is 12.2 Å². The van der Waals surface area contributed by atoms with Crippen LogP contribution in [0, 0.1) is 0 Å². The summed E-state index contributed by atoms with van der Waals surface area (Å²) in [5.41, 5.74) is 2.91. The van der Waals surface area contributed by atoms with Crippen LogP contribution in [0.3, 0.4) is 0 Å². The molecule has 5 heterocycles. The van der Waals surface area contributed by atoms with Crippen LogP contribution < -0.4 is 40.9 Å². The molecule has 96 heavy (non-hydrogen) atoms. The molecule has 0 bridgehead atoms. The van der Waals surface area contributed by atoms with E-state index in [0.29, 0.717) is 96.5 Å². The van der Waals surface area contributed by atoms with Gasteiger partial charge >= 0.3 is 0 Å². The average Bonchev–Trinajstić information content (AvgIpc) is 1.81. The van der Waals surface area contributed by atoms with Crippen LogP contribution in [0.4, 0.5) is 79.3 Å². The van der Waals surface area contributed by atoms with E-state index in [0.717, 1.165) is 84.7 Å². The molecule has 506 valence electrons. The van der Waals surface area contributed by atoms with Crippen LogP contribution in [-0.4, -0.2) is 144 Å². The first-order valence-corrected chi connectivity index (χ1v) is 36.4. The Labute approximate surface area is 568 Å². The largest absolute Gasteiger partial charge is 0.396 e. The van der Waals surface area contributed by atoms with E-state index in [1.807, 2.05) is 52.0 Å². The summed E-state index contributed by atoms with van der Waals surface area (Å²) in [5.74, 6) is -1.33. The van der Waals surface area contributed by atoms with Gasteiger partial charge in [0, 0.05) is 80.9 Å². The van der Waals surface area contributed by atoms with Gasteiger partial charge in [0.1, 0.15) is 23.0 Å². The van der Waals surface area contributed by atoms with E-state index in [9.17, 15) is 50.2 Å². The predicted octanol–water partition coefficient (Wildman–Crippen LogP) is 12.6. The van der Waals surface area contributed by atoms with E-state index < -0.39 is 53.4 Å². The second-order valence-corrected chi connectivity index (χ2v) is 27.8. The van der Waals surface area contributed by atoms with Gasteiger partial charge in [0.05, 0.1) is 48.7 Å². The van der Waals surface area contributed by atoms with Gasteiger partial charge in [-0.2, -0.15) is 41.8 Å². The zero-order chi connectivity index (χ0) is 68.7. The molecule has 4 aromatic carbocycles. The highest BCUT2D eigenvalue weighted by atomic mass is 32.2. The predicted molar refractivity (Wildman–Crippen MR) is 376 cm³/mol. The number of nitrogens with zero attached hydrogens (tertiary/aromatic N) is 13. The molecule has 0 unspecified atom stereocenters. The number of piperidine rings is 2. The summed E-state index contributed by atoms with van der Waals surface area (Å²) in [6, 6.07) is 21.2. The minimum atomic E-state index is -4.59. The van der Waals surface area contributed by atoms with Crippen LogP contribution in [0.15, 0.2) is 131 Å². The number of benzene rings is 4. The van der Waals surface area contributed by atoms with E-state index in [-0.39, 0.29) is 62.2 Å². The molecule has 0 spiro atoms. The Bertz CT molecular complexity index is 4100. The number of carbonyl (C=O) groups is 4. The number of thioether (sulfide) groups is 1. The van der Waals surface area contributed by atoms with E-state index in [2.05, 4.69) is 51.1 Å². The maximum atomic E-state index is 13.8. The maximum absolute atomic E-state index is 13.8. The molecule has 3 aromatic heterocycles. The van der Waals surface area contributed by atoms with Crippen molar-refractivity contribution in [3.8, 4) is 0 Å². The molecule has 9 rings (SSSR count). The van der Waals surface area contributed by atoms with Crippen LogP contribution >= 0.6 is 34.4 Å². The number of hydrogen-bond donors (Lipinski definition) is 7. The van der Waals surface area contributed by atoms with Crippen LogP contribution in [0.2, 0.25) is 0 Å². The number of hydrogen-bond acceptors (Lipinski definition) is 27. The zero-order valence-electron chi connectivity index (χ0n) is 53.5. The van der Waals surface area contributed by atoms with E-state index in [1.54, 1.807) is 12.1 Å². The average molecular weight is 1400 g/mol. The zero-order valence-corrected chi connectivity index (χ0v) is 57.6. The summed E-state index contributed by atoms with van der Waals surface area (Å²) in [6.07, 6.45) is 8.44.